The molecule has 0 aliphatic rings. The number of alkyl halides is 1. The molecule has 0 aromatic heterocycles. The molecule has 1 aromatic rings. The van der Waals surface area contributed by atoms with Crippen molar-refractivity contribution in [1.29, 1.82) is 5.26 Å². The summed E-state index contributed by atoms with van der Waals surface area (Å²) in [7, 11) is 1.34. The fourth-order valence-corrected chi connectivity index (χ4v) is 2.13. The van der Waals surface area contributed by atoms with Gasteiger partial charge in [-0.05, 0) is 29.7 Å². The van der Waals surface area contributed by atoms with Crippen LogP contribution in [0.2, 0.25) is 0 Å². The van der Waals surface area contributed by atoms with E-state index in [9.17, 15) is 4.79 Å². The zero-order valence-corrected chi connectivity index (χ0v) is 10.8. The largest absolute Gasteiger partial charge is 0.465 e. The molecule has 0 aliphatic carbocycles. The second-order valence-electron chi connectivity index (χ2n) is 3.25. The molecule has 0 saturated carbocycles. The highest BCUT2D eigenvalue weighted by Crippen LogP contribution is 2.21. The number of ether oxygens (including phenoxy) is 1. The number of halogens is 1. The van der Waals surface area contributed by atoms with Crippen LogP contribution in [0.4, 0.5) is 0 Å². The van der Waals surface area contributed by atoms with E-state index in [4.69, 9.17) is 10.00 Å². The monoisotopic (exact) mass is 281 g/mol. The van der Waals surface area contributed by atoms with Crippen molar-refractivity contribution in [3.8, 4) is 6.07 Å². The number of carbonyl (C=O) groups excluding carboxylic acids is 1. The first-order valence-electron chi connectivity index (χ1n) is 4.88. The van der Waals surface area contributed by atoms with Crippen LogP contribution in [0.25, 0.3) is 0 Å². The summed E-state index contributed by atoms with van der Waals surface area (Å²) >= 11 is 3.36. The molecule has 4 heteroatoms. The molecule has 84 valence electrons. The van der Waals surface area contributed by atoms with E-state index in [0.29, 0.717) is 16.5 Å². The zero-order chi connectivity index (χ0) is 12.1. The van der Waals surface area contributed by atoms with Crippen molar-refractivity contribution in [2.24, 2.45) is 0 Å². The van der Waals surface area contributed by atoms with E-state index in [1.165, 1.54) is 7.11 Å². The zero-order valence-electron chi connectivity index (χ0n) is 9.21. The molecule has 3 nitrogen and oxygen atoms in total. The molecule has 0 saturated heterocycles. The van der Waals surface area contributed by atoms with Gasteiger partial charge in [-0.15, -0.1) is 0 Å². The van der Waals surface area contributed by atoms with Crippen molar-refractivity contribution in [2.45, 2.75) is 18.7 Å². The molecule has 16 heavy (non-hydrogen) atoms. The van der Waals surface area contributed by atoms with Crippen molar-refractivity contribution in [3.05, 3.63) is 34.4 Å². The molecule has 0 unspecified atom stereocenters. The average molecular weight is 282 g/mol. The van der Waals surface area contributed by atoms with E-state index in [2.05, 4.69) is 15.9 Å². The van der Waals surface area contributed by atoms with Crippen LogP contribution in [0.1, 0.15) is 34.0 Å². The third-order valence-corrected chi connectivity index (χ3v) is 2.98. The maximum absolute atomic E-state index is 11.6. The minimum absolute atomic E-state index is 0.392. The van der Waals surface area contributed by atoms with E-state index in [-0.39, 0.29) is 0 Å². The predicted molar refractivity (Wildman–Crippen MR) is 64.5 cm³/mol. The summed E-state index contributed by atoms with van der Waals surface area (Å²) in [6.07, 6.45) is 0.733. The van der Waals surface area contributed by atoms with Crippen molar-refractivity contribution in [1.82, 2.24) is 0 Å². The van der Waals surface area contributed by atoms with Crippen LogP contribution >= 0.6 is 15.9 Å². The van der Waals surface area contributed by atoms with E-state index in [0.717, 1.165) is 17.5 Å². The lowest BCUT2D eigenvalue weighted by Crippen LogP contribution is -2.08. The van der Waals surface area contributed by atoms with Crippen molar-refractivity contribution in [2.75, 3.05) is 7.11 Å². The van der Waals surface area contributed by atoms with Gasteiger partial charge in [0.05, 0.1) is 24.3 Å². The summed E-state index contributed by atoms with van der Waals surface area (Å²) in [6, 6.07) is 5.42. The molecule has 0 N–H and O–H groups in total. The maximum atomic E-state index is 11.6. The van der Waals surface area contributed by atoms with Gasteiger partial charge in [-0.3, -0.25) is 0 Å². The summed E-state index contributed by atoms with van der Waals surface area (Å²) in [5.41, 5.74) is 2.86. The summed E-state index contributed by atoms with van der Waals surface area (Å²) in [6.45, 7) is 1.97. The molecule has 1 rings (SSSR count). The van der Waals surface area contributed by atoms with Gasteiger partial charge in [0.2, 0.25) is 0 Å². The maximum Gasteiger partial charge on any atom is 0.338 e. The van der Waals surface area contributed by atoms with Crippen molar-refractivity contribution >= 4 is 21.9 Å². The fourth-order valence-electron chi connectivity index (χ4n) is 1.63. The van der Waals surface area contributed by atoms with Gasteiger partial charge in [0.1, 0.15) is 0 Å². The topological polar surface area (TPSA) is 50.1 Å². The van der Waals surface area contributed by atoms with E-state index in [1.807, 2.05) is 13.0 Å². The quantitative estimate of drug-likeness (QED) is 0.632. The Bertz CT molecular complexity index is 449. The SMILES string of the molecule is CCc1c(CBr)cc(C#N)cc1C(=O)OC. The number of nitrogens with zero attached hydrogens (tertiary/aromatic N) is 1. The van der Waals surface area contributed by atoms with Gasteiger partial charge in [-0.1, -0.05) is 22.9 Å². The molecule has 0 heterocycles. The van der Waals surface area contributed by atoms with Crippen LogP contribution in [0, 0.1) is 11.3 Å². The van der Waals surface area contributed by atoms with Gasteiger partial charge in [0.15, 0.2) is 0 Å². The van der Waals surface area contributed by atoms with E-state index in [1.54, 1.807) is 12.1 Å². The molecular formula is C12H12BrNO2. The van der Waals surface area contributed by atoms with Crippen LogP contribution < -0.4 is 0 Å². The Kier molecular flexibility index (Phi) is 4.51. The molecule has 1 aromatic carbocycles. The lowest BCUT2D eigenvalue weighted by Gasteiger charge is -2.11. The normalized spacial score (nSPS) is 9.62. The highest BCUT2D eigenvalue weighted by Gasteiger charge is 2.15. The standard InChI is InChI=1S/C12H12BrNO2/c1-3-10-9(6-13)4-8(7-14)5-11(10)12(15)16-2/h4-5H,3,6H2,1-2H3. The number of carbonyl (C=O) groups is 1. The average Bonchev–Trinajstić information content (AvgIpc) is 2.35. The Morgan fingerprint density at radius 2 is 2.25 bits per heavy atom. The molecule has 0 aliphatic heterocycles. The fraction of sp³-hybridized carbons (Fsp3) is 0.333. The van der Waals surface area contributed by atoms with Crippen LogP contribution in [-0.4, -0.2) is 13.1 Å². The number of rotatable bonds is 3. The first-order valence-corrected chi connectivity index (χ1v) is 6.00. The third kappa shape index (κ3) is 2.42. The number of nitriles is 1. The minimum Gasteiger partial charge on any atom is -0.465 e. The summed E-state index contributed by atoms with van der Waals surface area (Å²) < 4.78 is 4.71. The van der Waals surface area contributed by atoms with Crippen molar-refractivity contribution < 1.29 is 9.53 Å². The molecule has 0 fully saturated rings. The third-order valence-electron chi connectivity index (χ3n) is 2.37. The molecule has 0 radical (unpaired) electrons. The Balaban J connectivity index is 3.44. The van der Waals surface area contributed by atoms with Crippen LogP contribution in [0.3, 0.4) is 0 Å². The lowest BCUT2D eigenvalue weighted by atomic mass is 9.97. The van der Waals surface area contributed by atoms with Crippen LogP contribution in [0.5, 0.6) is 0 Å². The summed E-state index contributed by atoms with van der Waals surface area (Å²) in [5, 5.41) is 9.50. The Hall–Kier alpha value is -1.34. The van der Waals surface area contributed by atoms with Gasteiger partial charge in [-0.25, -0.2) is 4.79 Å². The molecule has 0 bridgehead atoms. The molecular weight excluding hydrogens is 270 g/mol. The number of methoxy groups -OCH3 is 1. The van der Waals surface area contributed by atoms with E-state index < -0.39 is 5.97 Å². The smallest absolute Gasteiger partial charge is 0.338 e. The number of hydrogen-bond acceptors (Lipinski definition) is 3. The molecule has 0 amide bonds. The Labute approximate surface area is 103 Å². The minimum atomic E-state index is -0.392. The highest BCUT2D eigenvalue weighted by atomic mass is 79.9. The van der Waals surface area contributed by atoms with Gasteiger partial charge < -0.3 is 4.74 Å². The highest BCUT2D eigenvalue weighted by molar-refractivity contribution is 9.08. The molecule has 0 spiro atoms. The van der Waals surface area contributed by atoms with E-state index >= 15 is 0 Å². The van der Waals surface area contributed by atoms with Gasteiger partial charge in [0.25, 0.3) is 0 Å². The summed E-state index contributed by atoms with van der Waals surface area (Å²) in [4.78, 5) is 11.6. The van der Waals surface area contributed by atoms with Crippen LogP contribution in [-0.2, 0) is 16.5 Å². The first-order chi connectivity index (χ1) is 7.67. The first kappa shape index (κ1) is 12.7. The van der Waals surface area contributed by atoms with Gasteiger partial charge in [-0.2, -0.15) is 5.26 Å². The second-order valence-corrected chi connectivity index (χ2v) is 3.81. The molecule has 0 atom stereocenters. The Morgan fingerprint density at radius 3 is 2.69 bits per heavy atom. The van der Waals surface area contributed by atoms with Gasteiger partial charge in [0, 0.05) is 5.33 Å². The van der Waals surface area contributed by atoms with Crippen molar-refractivity contribution in [3.63, 3.8) is 0 Å². The van der Waals surface area contributed by atoms with Gasteiger partial charge >= 0.3 is 5.97 Å². The number of benzene rings is 1. The predicted octanol–water partition coefficient (Wildman–Crippen LogP) is 2.80. The summed E-state index contributed by atoms with van der Waals surface area (Å²) in [5.74, 6) is -0.392. The second kappa shape index (κ2) is 5.66. The van der Waals surface area contributed by atoms with Crippen LogP contribution in [0.15, 0.2) is 12.1 Å². The number of hydrogen-bond donors (Lipinski definition) is 0. The lowest BCUT2D eigenvalue weighted by molar-refractivity contribution is 0.0599. The Morgan fingerprint density at radius 1 is 1.56 bits per heavy atom. The number of esters is 1.